The zero-order valence-electron chi connectivity index (χ0n) is 12.1. The molecule has 0 aliphatic heterocycles. The van der Waals surface area contributed by atoms with E-state index in [-0.39, 0.29) is 12.5 Å². The summed E-state index contributed by atoms with van der Waals surface area (Å²) in [5.41, 5.74) is 1.14. The van der Waals surface area contributed by atoms with Crippen LogP contribution in [0.2, 0.25) is 0 Å². The van der Waals surface area contributed by atoms with Gasteiger partial charge in [-0.2, -0.15) is 9.36 Å². The van der Waals surface area contributed by atoms with Crippen molar-refractivity contribution in [3.8, 4) is 16.5 Å². The number of rotatable bonds is 5. The van der Waals surface area contributed by atoms with Gasteiger partial charge >= 0.3 is 0 Å². The molecule has 0 aliphatic rings. The average Bonchev–Trinajstić information content (AvgIpc) is 3.16. The third-order valence-corrected chi connectivity index (χ3v) is 5.11. The third kappa shape index (κ3) is 4.37. The van der Waals surface area contributed by atoms with Gasteiger partial charge in [-0.05, 0) is 47.1 Å². The zero-order chi connectivity index (χ0) is 16.2. The molecule has 0 spiro atoms. The van der Waals surface area contributed by atoms with Gasteiger partial charge in [0.1, 0.15) is 5.75 Å². The molecule has 0 saturated carbocycles. The Hall–Kier alpha value is -1.77. The number of carbonyl (C=O) groups excluding carboxylic acids is 1. The van der Waals surface area contributed by atoms with Crippen LogP contribution in [0.25, 0.3) is 10.7 Å². The van der Waals surface area contributed by atoms with Crippen molar-refractivity contribution < 1.29 is 9.53 Å². The highest BCUT2D eigenvalue weighted by Crippen LogP contribution is 2.30. The number of anilines is 1. The maximum absolute atomic E-state index is 11.9. The molecule has 3 aromatic rings. The minimum atomic E-state index is -0.263. The van der Waals surface area contributed by atoms with Crippen molar-refractivity contribution in [2.75, 3.05) is 11.9 Å². The zero-order valence-corrected chi connectivity index (χ0v) is 15.3. The smallest absolute Gasteiger partial charge is 0.264 e. The maximum Gasteiger partial charge on any atom is 0.264 e. The third-order valence-electron chi connectivity index (χ3n) is 2.86. The number of benzene rings is 1. The summed E-state index contributed by atoms with van der Waals surface area (Å²) < 4.78 is 10.7. The van der Waals surface area contributed by atoms with Gasteiger partial charge in [-0.15, -0.1) is 11.3 Å². The molecule has 8 heteroatoms. The molecule has 3 rings (SSSR count). The van der Waals surface area contributed by atoms with Crippen LogP contribution < -0.4 is 10.1 Å². The Labute approximate surface area is 149 Å². The lowest BCUT2D eigenvalue weighted by molar-refractivity contribution is -0.118. The first kappa shape index (κ1) is 16.1. The van der Waals surface area contributed by atoms with E-state index in [1.54, 1.807) is 11.3 Å². The van der Waals surface area contributed by atoms with Gasteiger partial charge in [-0.1, -0.05) is 17.7 Å². The molecule has 2 heterocycles. The van der Waals surface area contributed by atoms with Crippen LogP contribution in [0, 0.1) is 6.92 Å². The molecular formula is C15H12BrN3O2S2. The molecule has 23 heavy (non-hydrogen) atoms. The fourth-order valence-electron chi connectivity index (χ4n) is 1.75. The lowest BCUT2D eigenvalue weighted by Crippen LogP contribution is -2.20. The van der Waals surface area contributed by atoms with E-state index in [4.69, 9.17) is 4.74 Å². The maximum atomic E-state index is 11.9. The van der Waals surface area contributed by atoms with Crippen molar-refractivity contribution in [1.29, 1.82) is 0 Å². The van der Waals surface area contributed by atoms with E-state index in [0.29, 0.717) is 16.7 Å². The topological polar surface area (TPSA) is 64.1 Å². The van der Waals surface area contributed by atoms with E-state index in [1.165, 1.54) is 0 Å². The van der Waals surface area contributed by atoms with E-state index in [2.05, 4.69) is 30.6 Å². The minimum absolute atomic E-state index is 0.0669. The number of nitrogens with one attached hydrogen (secondary N) is 1. The fourth-order valence-corrected chi connectivity index (χ4v) is 3.72. The summed E-state index contributed by atoms with van der Waals surface area (Å²) in [5, 5.41) is 3.15. The summed E-state index contributed by atoms with van der Waals surface area (Å²) in [4.78, 5) is 17.2. The van der Waals surface area contributed by atoms with E-state index < -0.39 is 0 Å². The summed E-state index contributed by atoms with van der Waals surface area (Å²) in [5.74, 6) is 1.01. The van der Waals surface area contributed by atoms with Crippen molar-refractivity contribution in [3.05, 3.63) is 45.7 Å². The number of hydrogen-bond acceptors (Lipinski definition) is 6. The molecule has 0 atom stereocenters. The van der Waals surface area contributed by atoms with Gasteiger partial charge in [0, 0.05) is 11.5 Å². The monoisotopic (exact) mass is 409 g/mol. The van der Waals surface area contributed by atoms with Gasteiger partial charge in [-0.3, -0.25) is 10.1 Å². The van der Waals surface area contributed by atoms with Gasteiger partial charge in [0.2, 0.25) is 5.13 Å². The van der Waals surface area contributed by atoms with Crippen molar-refractivity contribution in [2.45, 2.75) is 6.92 Å². The average molecular weight is 410 g/mol. The number of carbonyl (C=O) groups is 1. The molecule has 1 aromatic carbocycles. The first-order valence-corrected chi connectivity index (χ1v) is 9.07. The van der Waals surface area contributed by atoms with E-state index in [0.717, 1.165) is 25.8 Å². The first-order chi connectivity index (χ1) is 11.1. The van der Waals surface area contributed by atoms with Crippen molar-refractivity contribution in [1.82, 2.24) is 9.36 Å². The molecule has 1 N–H and O–H groups in total. The first-order valence-electron chi connectivity index (χ1n) is 6.69. The van der Waals surface area contributed by atoms with Crippen LogP contribution in [0.5, 0.6) is 5.75 Å². The number of ether oxygens (including phenoxy) is 1. The van der Waals surface area contributed by atoms with Crippen LogP contribution in [0.1, 0.15) is 5.56 Å². The highest BCUT2D eigenvalue weighted by Gasteiger charge is 2.11. The molecule has 0 aliphatic carbocycles. The normalized spacial score (nSPS) is 10.5. The molecule has 0 fully saturated rings. The van der Waals surface area contributed by atoms with Crippen LogP contribution in [-0.4, -0.2) is 21.9 Å². The highest BCUT2D eigenvalue weighted by molar-refractivity contribution is 9.11. The van der Waals surface area contributed by atoms with Crippen LogP contribution in [0.15, 0.2) is 40.2 Å². The summed E-state index contributed by atoms with van der Waals surface area (Å²) in [7, 11) is 0. The van der Waals surface area contributed by atoms with Gasteiger partial charge in [0.25, 0.3) is 5.91 Å². The minimum Gasteiger partial charge on any atom is -0.484 e. The second-order valence-electron chi connectivity index (χ2n) is 4.68. The Morgan fingerprint density at radius 2 is 2.04 bits per heavy atom. The highest BCUT2D eigenvalue weighted by atomic mass is 79.9. The second kappa shape index (κ2) is 7.20. The lowest BCUT2D eigenvalue weighted by Gasteiger charge is -2.05. The Morgan fingerprint density at radius 1 is 1.26 bits per heavy atom. The summed E-state index contributed by atoms with van der Waals surface area (Å²) in [6.07, 6.45) is 0. The quantitative estimate of drug-likeness (QED) is 0.679. The number of halogens is 1. The molecular weight excluding hydrogens is 398 g/mol. The van der Waals surface area contributed by atoms with Crippen molar-refractivity contribution >= 4 is 49.8 Å². The standard InChI is InChI=1S/C15H12BrN3O2S2/c1-9-2-4-10(5-3-9)21-8-13(20)17-15-18-14(19-23-15)11-6-7-12(16)22-11/h2-7H,8H2,1H3,(H,17,18,19,20). The molecule has 2 aromatic heterocycles. The predicted molar refractivity (Wildman–Crippen MR) is 96.2 cm³/mol. The largest absolute Gasteiger partial charge is 0.484 e. The van der Waals surface area contributed by atoms with Gasteiger partial charge in [0.05, 0.1) is 8.66 Å². The number of thiophene rings is 1. The Kier molecular flexibility index (Phi) is 5.04. The predicted octanol–water partition coefficient (Wildman–Crippen LogP) is 4.36. The van der Waals surface area contributed by atoms with E-state index in [9.17, 15) is 4.79 Å². The number of amides is 1. The molecule has 0 unspecified atom stereocenters. The molecule has 5 nitrogen and oxygen atoms in total. The van der Waals surface area contributed by atoms with Gasteiger partial charge in [0.15, 0.2) is 12.4 Å². The van der Waals surface area contributed by atoms with E-state index in [1.807, 2.05) is 43.3 Å². The molecule has 118 valence electrons. The van der Waals surface area contributed by atoms with Gasteiger partial charge in [-0.25, -0.2) is 0 Å². The van der Waals surface area contributed by atoms with Crippen LogP contribution in [0.4, 0.5) is 5.13 Å². The van der Waals surface area contributed by atoms with Gasteiger partial charge < -0.3 is 4.74 Å². The summed E-state index contributed by atoms with van der Waals surface area (Å²) >= 11 is 6.09. The SMILES string of the molecule is Cc1ccc(OCC(=O)Nc2nc(-c3ccc(Br)s3)ns2)cc1. The fraction of sp³-hybridized carbons (Fsp3) is 0.133. The number of nitrogens with zero attached hydrogens (tertiary/aromatic N) is 2. The number of hydrogen-bond donors (Lipinski definition) is 1. The summed E-state index contributed by atoms with van der Waals surface area (Å²) in [6.45, 7) is 1.93. The molecule has 1 amide bonds. The van der Waals surface area contributed by atoms with Crippen LogP contribution in [0.3, 0.4) is 0 Å². The Bertz CT molecular complexity index is 814. The van der Waals surface area contributed by atoms with Crippen LogP contribution >= 0.6 is 38.8 Å². The Morgan fingerprint density at radius 3 is 2.74 bits per heavy atom. The van der Waals surface area contributed by atoms with Crippen molar-refractivity contribution in [3.63, 3.8) is 0 Å². The van der Waals surface area contributed by atoms with Crippen molar-refractivity contribution in [2.24, 2.45) is 0 Å². The molecule has 0 saturated heterocycles. The van der Waals surface area contributed by atoms with Crippen LogP contribution in [-0.2, 0) is 4.79 Å². The number of aromatic nitrogens is 2. The summed E-state index contributed by atoms with van der Waals surface area (Å²) in [6, 6.07) is 11.4. The van der Waals surface area contributed by atoms with E-state index >= 15 is 0 Å². The number of aryl methyl sites for hydroxylation is 1. The molecule has 0 radical (unpaired) electrons. The second-order valence-corrected chi connectivity index (χ2v) is 7.89. The molecule has 0 bridgehead atoms. The Balaban J connectivity index is 1.56. The lowest BCUT2D eigenvalue weighted by atomic mass is 10.2.